The average Bonchev–Trinajstić information content (AvgIpc) is 3.64. The van der Waals surface area contributed by atoms with Gasteiger partial charge in [0.05, 0.1) is 18.7 Å². The Labute approximate surface area is 181 Å². The van der Waals surface area contributed by atoms with Crippen LogP contribution in [-0.4, -0.2) is 36.8 Å². The van der Waals surface area contributed by atoms with Gasteiger partial charge in [-0.05, 0) is 42.5 Å². The number of carbonyl (C=O) groups excluding carboxylic acids is 1. The van der Waals surface area contributed by atoms with Crippen molar-refractivity contribution in [3.05, 3.63) is 76.1 Å². The van der Waals surface area contributed by atoms with Crippen LogP contribution in [0.5, 0.6) is 0 Å². The first-order valence-electron chi connectivity index (χ1n) is 11.0. The monoisotopic (exact) mass is 417 g/mol. The van der Waals surface area contributed by atoms with E-state index in [9.17, 15) is 9.59 Å². The SMILES string of the molecule is O=C(NCc1ccccc1)c1cn(CC2CC2)c2cc(N3CCOCC3)ccc2c1=O. The minimum atomic E-state index is -0.322. The van der Waals surface area contributed by atoms with Crippen LogP contribution in [0, 0.1) is 5.92 Å². The van der Waals surface area contributed by atoms with Gasteiger partial charge in [0, 0.05) is 43.4 Å². The number of hydrogen-bond donors (Lipinski definition) is 1. The Kier molecular flexibility index (Phi) is 5.47. The van der Waals surface area contributed by atoms with Crippen LogP contribution in [0.4, 0.5) is 5.69 Å². The first-order chi connectivity index (χ1) is 15.2. The summed E-state index contributed by atoms with van der Waals surface area (Å²) in [6, 6.07) is 15.7. The van der Waals surface area contributed by atoms with Gasteiger partial charge in [-0.1, -0.05) is 30.3 Å². The molecule has 2 aromatic carbocycles. The molecule has 1 amide bonds. The summed E-state index contributed by atoms with van der Waals surface area (Å²) in [7, 11) is 0. The second-order valence-electron chi connectivity index (χ2n) is 8.44. The highest BCUT2D eigenvalue weighted by Gasteiger charge is 2.24. The lowest BCUT2D eigenvalue weighted by molar-refractivity contribution is 0.0949. The topological polar surface area (TPSA) is 63.6 Å². The van der Waals surface area contributed by atoms with E-state index >= 15 is 0 Å². The number of nitrogens with one attached hydrogen (secondary N) is 1. The number of anilines is 1. The summed E-state index contributed by atoms with van der Waals surface area (Å²) in [6.45, 7) is 4.36. The van der Waals surface area contributed by atoms with E-state index in [0.717, 1.165) is 36.4 Å². The number of ether oxygens (including phenoxy) is 1. The van der Waals surface area contributed by atoms with Crippen molar-refractivity contribution in [2.24, 2.45) is 5.92 Å². The van der Waals surface area contributed by atoms with Crippen molar-refractivity contribution in [3.63, 3.8) is 0 Å². The summed E-state index contributed by atoms with van der Waals surface area (Å²) in [5.41, 5.74) is 3.01. The third-order valence-electron chi connectivity index (χ3n) is 6.13. The van der Waals surface area contributed by atoms with Crippen molar-refractivity contribution in [1.29, 1.82) is 0 Å². The Morgan fingerprint density at radius 3 is 2.58 bits per heavy atom. The van der Waals surface area contributed by atoms with E-state index in [2.05, 4.69) is 20.9 Å². The molecule has 0 spiro atoms. The maximum atomic E-state index is 13.2. The zero-order chi connectivity index (χ0) is 21.2. The molecule has 1 saturated heterocycles. The summed E-state index contributed by atoms with van der Waals surface area (Å²) in [5.74, 6) is 0.301. The molecule has 1 saturated carbocycles. The number of aromatic nitrogens is 1. The van der Waals surface area contributed by atoms with Crippen LogP contribution in [0.3, 0.4) is 0 Å². The first kappa shape index (κ1) is 19.8. The van der Waals surface area contributed by atoms with Gasteiger partial charge in [0.1, 0.15) is 5.56 Å². The average molecular weight is 418 g/mol. The molecule has 0 radical (unpaired) electrons. The van der Waals surface area contributed by atoms with Gasteiger partial charge in [-0.15, -0.1) is 0 Å². The Morgan fingerprint density at radius 1 is 1.06 bits per heavy atom. The van der Waals surface area contributed by atoms with Gasteiger partial charge < -0.3 is 19.5 Å². The highest BCUT2D eigenvalue weighted by atomic mass is 16.5. The molecule has 6 nitrogen and oxygen atoms in total. The summed E-state index contributed by atoms with van der Waals surface area (Å²) in [4.78, 5) is 28.4. The van der Waals surface area contributed by atoms with Crippen LogP contribution in [0.2, 0.25) is 0 Å². The molecule has 2 fully saturated rings. The molecule has 1 aliphatic heterocycles. The standard InChI is InChI=1S/C25H27N3O3/c29-24-21-9-8-20(27-10-12-31-13-11-27)14-23(21)28(16-19-6-7-19)17-22(24)25(30)26-15-18-4-2-1-3-5-18/h1-5,8-9,14,17,19H,6-7,10-13,15-16H2,(H,26,30). The lowest BCUT2D eigenvalue weighted by Gasteiger charge is -2.29. The van der Waals surface area contributed by atoms with E-state index < -0.39 is 0 Å². The van der Waals surface area contributed by atoms with E-state index in [0.29, 0.717) is 31.1 Å². The maximum Gasteiger partial charge on any atom is 0.257 e. The van der Waals surface area contributed by atoms with Gasteiger partial charge in [0.15, 0.2) is 0 Å². The Hall–Kier alpha value is -3.12. The van der Waals surface area contributed by atoms with E-state index in [1.54, 1.807) is 6.20 Å². The number of amides is 1. The molecule has 1 aliphatic carbocycles. The number of fused-ring (bicyclic) bond motifs is 1. The van der Waals surface area contributed by atoms with E-state index in [4.69, 9.17) is 4.74 Å². The first-order valence-corrected chi connectivity index (χ1v) is 11.0. The summed E-state index contributed by atoms with van der Waals surface area (Å²) < 4.78 is 7.58. The Bertz CT molecular complexity index is 1150. The van der Waals surface area contributed by atoms with Crippen molar-refractivity contribution in [3.8, 4) is 0 Å². The fourth-order valence-electron chi connectivity index (χ4n) is 4.16. The molecule has 2 heterocycles. The smallest absolute Gasteiger partial charge is 0.257 e. The zero-order valence-electron chi connectivity index (χ0n) is 17.5. The van der Waals surface area contributed by atoms with E-state index in [1.807, 2.05) is 42.5 Å². The van der Waals surface area contributed by atoms with Gasteiger partial charge in [-0.25, -0.2) is 0 Å². The molecule has 0 unspecified atom stereocenters. The molecule has 5 rings (SSSR count). The number of carbonyl (C=O) groups is 1. The highest BCUT2D eigenvalue weighted by molar-refractivity contribution is 5.97. The van der Waals surface area contributed by atoms with Crippen LogP contribution in [0.1, 0.15) is 28.8 Å². The van der Waals surface area contributed by atoms with Crippen molar-refractivity contribution in [1.82, 2.24) is 9.88 Å². The van der Waals surface area contributed by atoms with Crippen molar-refractivity contribution in [2.45, 2.75) is 25.9 Å². The van der Waals surface area contributed by atoms with Crippen molar-refractivity contribution >= 4 is 22.5 Å². The highest BCUT2D eigenvalue weighted by Crippen LogP contribution is 2.32. The molecule has 31 heavy (non-hydrogen) atoms. The summed E-state index contributed by atoms with van der Waals surface area (Å²) in [5, 5.41) is 3.51. The van der Waals surface area contributed by atoms with Gasteiger partial charge in [-0.3, -0.25) is 9.59 Å². The molecule has 1 N–H and O–H groups in total. The minimum Gasteiger partial charge on any atom is -0.378 e. The van der Waals surface area contributed by atoms with Crippen LogP contribution >= 0.6 is 0 Å². The Balaban J connectivity index is 1.49. The summed E-state index contributed by atoms with van der Waals surface area (Å²) >= 11 is 0. The fourth-order valence-corrected chi connectivity index (χ4v) is 4.16. The third kappa shape index (κ3) is 4.35. The Morgan fingerprint density at radius 2 is 1.84 bits per heavy atom. The second-order valence-corrected chi connectivity index (χ2v) is 8.44. The lowest BCUT2D eigenvalue weighted by Crippen LogP contribution is -2.36. The van der Waals surface area contributed by atoms with Gasteiger partial charge in [0.2, 0.25) is 5.43 Å². The lowest BCUT2D eigenvalue weighted by atomic mass is 10.1. The fraction of sp³-hybridized carbons (Fsp3) is 0.360. The van der Waals surface area contributed by atoms with Crippen LogP contribution in [-0.2, 0) is 17.8 Å². The molecule has 3 aromatic rings. The van der Waals surface area contributed by atoms with Crippen molar-refractivity contribution in [2.75, 3.05) is 31.2 Å². The molecule has 6 heteroatoms. The van der Waals surface area contributed by atoms with E-state index in [-0.39, 0.29) is 16.9 Å². The van der Waals surface area contributed by atoms with Gasteiger partial charge >= 0.3 is 0 Å². The number of pyridine rings is 1. The van der Waals surface area contributed by atoms with Crippen LogP contribution in [0.25, 0.3) is 10.9 Å². The summed E-state index contributed by atoms with van der Waals surface area (Å²) in [6.07, 6.45) is 4.16. The minimum absolute atomic E-state index is 0.207. The molecule has 2 aliphatic rings. The largest absolute Gasteiger partial charge is 0.378 e. The number of hydrogen-bond acceptors (Lipinski definition) is 4. The second kappa shape index (κ2) is 8.55. The zero-order valence-corrected chi connectivity index (χ0v) is 17.5. The molecule has 1 aromatic heterocycles. The molecular formula is C25H27N3O3. The van der Waals surface area contributed by atoms with Gasteiger partial charge in [-0.2, -0.15) is 0 Å². The molecular weight excluding hydrogens is 390 g/mol. The van der Waals surface area contributed by atoms with E-state index in [1.165, 1.54) is 12.8 Å². The number of rotatable bonds is 6. The molecule has 0 bridgehead atoms. The molecule has 160 valence electrons. The maximum absolute atomic E-state index is 13.2. The van der Waals surface area contributed by atoms with Crippen LogP contribution in [0.15, 0.2) is 59.5 Å². The predicted molar refractivity (Wildman–Crippen MR) is 122 cm³/mol. The normalized spacial score (nSPS) is 16.5. The van der Waals surface area contributed by atoms with Gasteiger partial charge in [0.25, 0.3) is 5.91 Å². The van der Waals surface area contributed by atoms with Crippen LogP contribution < -0.4 is 15.6 Å². The molecule has 0 atom stereocenters. The number of benzene rings is 2. The number of morpholine rings is 1. The number of nitrogens with zero attached hydrogens (tertiary/aromatic N) is 2. The van der Waals surface area contributed by atoms with Crippen molar-refractivity contribution < 1.29 is 9.53 Å². The predicted octanol–water partition coefficient (Wildman–Crippen LogP) is 3.18. The third-order valence-corrected chi connectivity index (χ3v) is 6.13. The quantitative estimate of drug-likeness (QED) is 0.669.